The molecule has 1 amide bonds. The SMILES string of the molecule is O=C(NCc1ccco1)c1ccc(CSc2ccccc2)o1. The van der Waals surface area contributed by atoms with E-state index in [0.29, 0.717) is 23.8 Å². The fourth-order valence-corrected chi connectivity index (χ4v) is 2.73. The van der Waals surface area contributed by atoms with Crippen LogP contribution >= 0.6 is 11.8 Å². The third kappa shape index (κ3) is 3.83. The Labute approximate surface area is 132 Å². The van der Waals surface area contributed by atoms with E-state index in [1.807, 2.05) is 42.5 Å². The lowest BCUT2D eigenvalue weighted by atomic mass is 10.4. The Morgan fingerprint density at radius 2 is 1.86 bits per heavy atom. The van der Waals surface area contributed by atoms with Crippen molar-refractivity contribution >= 4 is 17.7 Å². The molecule has 0 fully saturated rings. The van der Waals surface area contributed by atoms with E-state index in [9.17, 15) is 4.79 Å². The third-order valence-corrected chi connectivity index (χ3v) is 4.05. The van der Waals surface area contributed by atoms with Gasteiger partial charge in [-0.25, -0.2) is 0 Å². The number of furan rings is 2. The van der Waals surface area contributed by atoms with Crippen molar-refractivity contribution in [3.05, 3.63) is 78.1 Å². The third-order valence-electron chi connectivity index (χ3n) is 3.01. The van der Waals surface area contributed by atoms with E-state index in [0.717, 1.165) is 5.76 Å². The summed E-state index contributed by atoms with van der Waals surface area (Å²) in [4.78, 5) is 13.1. The summed E-state index contributed by atoms with van der Waals surface area (Å²) in [6.45, 7) is 0.348. The minimum Gasteiger partial charge on any atom is -0.467 e. The maximum Gasteiger partial charge on any atom is 0.287 e. The highest BCUT2D eigenvalue weighted by Crippen LogP contribution is 2.23. The van der Waals surface area contributed by atoms with Crippen LogP contribution < -0.4 is 5.32 Å². The second kappa shape index (κ2) is 7.04. The zero-order chi connectivity index (χ0) is 15.2. The molecule has 2 aromatic heterocycles. The van der Waals surface area contributed by atoms with Crippen molar-refractivity contribution in [3.63, 3.8) is 0 Å². The van der Waals surface area contributed by atoms with E-state index in [1.54, 1.807) is 30.2 Å². The molecule has 0 bridgehead atoms. The second-order valence-corrected chi connectivity index (χ2v) is 5.68. The fraction of sp³-hybridized carbons (Fsp3) is 0.118. The van der Waals surface area contributed by atoms with Crippen molar-refractivity contribution in [2.45, 2.75) is 17.2 Å². The van der Waals surface area contributed by atoms with E-state index in [2.05, 4.69) is 5.32 Å². The lowest BCUT2D eigenvalue weighted by Crippen LogP contribution is -2.21. The number of nitrogens with one attached hydrogen (secondary N) is 1. The average molecular weight is 313 g/mol. The molecular formula is C17H15NO3S. The van der Waals surface area contributed by atoms with Crippen LogP contribution in [0.3, 0.4) is 0 Å². The van der Waals surface area contributed by atoms with E-state index >= 15 is 0 Å². The van der Waals surface area contributed by atoms with Gasteiger partial charge in [0, 0.05) is 4.90 Å². The topological polar surface area (TPSA) is 55.4 Å². The van der Waals surface area contributed by atoms with Crippen molar-refractivity contribution in [2.75, 3.05) is 0 Å². The van der Waals surface area contributed by atoms with Crippen molar-refractivity contribution in [1.29, 1.82) is 0 Å². The van der Waals surface area contributed by atoms with Crippen LogP contribution in [0.5, 0.6) is 0 Å². The second-order valence-electron chi connectivity index (χ2n) is 4.63. The minimum atomic E-state index is -0.243. The normalized spacial score (nSPS) is 10.5. The fourth-order valence-electron chi connectivity index (χ4n) is 1.92. The average Bonchev–Trinajstić information content (AvgIpc) is 3.23. The molecule has 22 heavy (non-hydrogen) atoms. The van der Waals surface area contributed by atoms with Crippen LogP contribution in [0.2, 0.25) is 0 Å². The van der Waals surface area contributed by atoms with Crippen molar-refractivity contribution in [2.24, 2.45) is 0 Å². The number of amides is 1. The van der Waals surface area contributed by atoms with Gasteiger partial charge in [0.25, 0.3) is 5.91 Å². The molecule has 1 N–H and O–H groups in total. The van der Waals surface area contributed by atoms with Gasteiger partial charge in [-0.3, -0.25) is 4.79 Å². The van der Waals surface area contributed by atoms with Crippen LogP contribution in [0.25, 0.3) is 0 Å². The van der Waals surface area contributed by atoms with Gasteiger partial charge in [0.2, 0.25) is 0 Å². The van der Waals surface area contributed by atoms with Gasteiger partial charge in [-0.1, -0.05) is 18.2 Å². The van der Waals surface area contributed by atoms with Gasteiger partial charge in [0.15, 0.2) is 5.76 Å². The first-order valence-electron chi connectivity index (χ1n) is 6.88. The van der Waals surface area contributed by atoms with E-state index in [-0.39, 0.29) is 5.91 Å². The molecule has 0 saturated carbocycles. The zero-order valence-electron chi connectivity index (χ0n) is 11.8. The molecule has 0 atom stereocenters. The number of carbonyl (C=O) groups excluding carboxylic acids is 1. The molecule has 0 radical (unpaired) electrons. The Bertz CT molecular complexity index is 719. The summed E-state index contributed by atoms with van der Waals surface area (Å²) in [5.41, 5.74) is 0. The Hall–Kier alpha value is -2.40. The lowest BCUT2D eigenvalue weighted by molar-refractivity contribution is 0.0919. The van der Waals surface area contributed by atoms with Crippen LogP contribution in [0, 0.1) is 0 Å². The van der Waals surface area contributed by atoms with Gasteiger partial charge in [0.05, 0.1) is 18.6 Å². The van der Waals surface area contributed by atoms with Crippen molar-refractivity contribution < 1.29 is 13.6 Å². The predicted molar refractivity (Wildman–Crippen MR) is 84.6 cm³/mol. The number of rotatable bonds is 6. The van der Waals surface area contributed by atoms with Crippen LogP contribution in [0.15, 0.2) is 74.6 Å². The summed E-state index contributed by atoms with van der Waals surface area (Å²) in [5, 5.41) is 2.76. The molecule has 112 valence electrons. The number of benzene rings is 1. The van der Waals surface area contributed by atoms with Crippen molar-refractivity contribution in [3.8, 4) is 0 Å². The molecule has 2 heterocycles. The Morgan fingerprint density at radius 3 is 2.64 bits per heavy atom. The lowest BCUT2D eigenvalue weighted by Gasteiger charge is -2.01. The molecule has 0 spiro atoms. The molecule has 4 nitrogen and oxygen atoms in total. The summed E-state index contributed by atoms with van der Waals surface area (Å²) in [7, 11) is 0. The van der Waals surface area contributed by atoms with E-state index < -0.39 is 0 Å². The largest absolute Gasteiger partial charge is 0.467 e. The standard InChI is InChI=1S/C17H15NO3S/c19-17(18-11-13-5-4-10-20-13)16-9-8-14(21-16)12-22-15-6-2-1-3-7-15/h1-10H,11-12H2,(H,18,19). The molecule has 3 aromatic rings. The number of hydrogen-bond donors (Lipinski definition) is 1. The molecule has 5 heteroatoms. The Balaban J connectivity index is 1.53. The molecule has 0 aliphatic rings. The smallest absolute Gasteiger partial charge is 0.287 e. The van der Waals surface area contributed by atoms with Gasteiger partial charge in [-0.2, -0.15) is 0 Å². The van der Waals surface area contributed by atoms with Gasteiger partial charge in [-0.15, -0.1) is 11.8 Å². The number of hydrogen-bond acceptors (Lipinski definition) is 4. The maximum absolute atomic E-state index is 12.0. The van der Waals surface area contributed by atoms with Crippen LogP contribution in [-0.2, 0) is 12.3 Å². The molecule has 1 aromatic carbocycles. The molecular weight excluding hydrogens is 298 g/mol. The molecule has 3 rings (SSSR count). The molecule has 0 saturated heterocycles. The summed E-state index contributed by atoms with van der Waals surface area (Å²) < 4.78 is 10.7. The van der Waals surface area contributed by atoms with Crippen LogP contribution in [-0.4, -0.2) is 5.91 Å². The molecule has 0 aliphatic heterocycles. The van der Waals surface area contributed by atoms with Gasteiger partial charge in [0.1, 0.15) is 11.5 Å². The number of thioether (sulfide) groups is 1. The highest BCUT2D eigenvalue weighted by molar-refractivity contribution is 7.98. The number of carbonyl (C=O) groups is 1. The molecule has 0 unspecified atom stereocenters. The monoisotopic (exact) mass is 313 g/mol. The Kier molecular flexibility index (Phi) is 4.65. The van der Waals surface area contributed by atoms with Crippen molar-refractivity contribution in [1.82, 2.24) is 5.32 Å². The first kappa shape index (κ1) is 14.5. The quantitative estimate of drug-likeness (QED) is 0.696. The summed E-state index contributed by atoms with van der Waals surface area (Å²) in [6, 6.07) is 17.2. The van der Waals surface area contributed by atoms with E-state index in [1.165, 1.54) is 4.90 Å². The summed E-state index contributed by atoms with van der Waals surface area (Å²) in [6.07, 6.45) is 1.58. The Morgan fingerprint density at radius 1 is 1.00 bits per heavy atom. The first-order valence-corrected chi connectivity index (χ1v) is 7.87. The van der Waals surface area contributed by atoms with Crippen LogP contribution in [0.1, 0.15) is 22.1 Å². The van der Waals surface area contributed by atoms with Gasteiger partial charge < -0.3 is 14.2 Å². The highest BCUT2D eigenvalue weighted by atomic mass is 32.2. The predicted octanol–water partition coefficient (Wildman–Crippen LogP) is 4.09. The van der Waals surface area contributed by atoms with Gasteiger partial charge in [-0.05, 0) is 36.4 Å². The molecule has 0 aliphatic carbocycles. The highest BCUT2D eigenvalue weighted by Gasteiger charge is 2.11. The van der Waals surface area contributed by atoms with Crippen LogP contribution in [0.4, 0.5) is 0 Å². The van der Waals surface area contributed by atoms with E-state index in [4.69, 9.17) is 8.83 Å². The van der Waals surface area contributed by atoms with Gasteiger partial charge >= 0.3 is 0 Å². The maximum atomic E-state index is 12.0. The first-order chi connectivity index (χ1) is 10.8. The summed E-state index contributed by atoms with van der Waals surface area (Å²) >= 11 is 1.67. The summed E-state index contributed by atoms with van der Waals surface area (Å²) in [5.74, 6) is 2.24. The zero-order valence-corrected chi connectivity index (χ0v) is 12.6. The minimum absolute atomic E-state index is 0.243.